The zero-order valence-corrected chi connectivity index (χ0v) is 21.6. The lowest BCUT2D eigenvalue weighted by Gasteiger charge is -2.44. The van der Waals surface area contributed by atoms with Crippen molar-refractivity contribution in [2.75, 3.05) is 4.90 Å². The third kappa shape index (κ3) is 3.30. The minimum absolute atomic E-state index is 0.0590. The van der Waals surface area contributed by atoms with Crippen LogP contribution in [-0.4, -0.2) is 4.57 Å². The molecule has 0 saturated carbocycles. The summed E-state index contributed by atoms with van der Waals surface area (Å²) in [5.41, 5.74) is 11.3. The van der Waals surface area contributed by atoms with Gasteiger partial charge in [-0.3, -0.25) is 0 Å². The highest BCUT2D eigenvalue weighted by Crippen LogP contribution is 2.52. The third-order valence-corrected chi connectivity index (χ3v) is 8.04. The molecule has 39 heavy (non-hydrogen) atoms. The molecule has 1 unspecified atom stereocenters. The molecule has 0 aliphatic carbocycles. The molecule has 6 aromatic rings. The number of aromatic nitrogens is 1. The Hall–Kier alpha value is -5.02. The zero-order valence-electron chi connectivity index (χ0n) is 21.6. The van der Waals surface area contributed by atoms with Crippen LogP contribution in [0.4, 0.5) is 5.69 Å². The molecule has 0 radical (unpaired) electrons. The van der Waals surface area contributed by atoms with Crippen LogP contribution in [0.15, 0.2) is 127 Å². The van der Waals surface area contributed by atoms with E-state index in [1.807, 2.05) is 30.3 Å². The summed E-state index contributed by atoms with van der Waals surface area (Å²) in [5.74, 6) is 1.66. The first-order valence-electron chi connectivity index (χ1n) is 13.4. The smallest absolute Gasteiger partial charge is 0.127 e. The summed E-state index contributed by atoms with van der Waals surface area (Å²) in [6.45, 7) is 2.27. The highest BCUT2D eigenvalue weighted by Gasteiger charge is 2.40. The van der Waals surface area contributed by atoms with E-state index in [-0.39, 0.29) is 6.04 Å². The monoisotopic (exact) mass is 502 g/mol. The number of nitrogens with zero attached hydrogens (tertiary/aromatic N) is 2. The first-order valence-corrected chi connectivity index (χ1v) is 13.4. The zero-order chi connectivity index (χ0) is 25.9. The van der Waals surface area contributed by atoms with Crippen LogP contribution in [0, 0.1) is 6.92 Å². The lowest BCUT2D eigenvalue weighted by atomic mass is 9.86. The Morgan fingerprint density at radius 1 is 0.615 bits per heavy atom. The number of ether oxygens (including phenoxy) is 1. The molecule has 0 N–H and O–H groups in total. The molecular weight excluding hydrogens is 476 g/mol. The highest BCUT2D eigenvalue weighted by atomic mass is 16.5. The maximum Gasteiger partial charge on any atom is 0.127 e. The first kappa shape index (κ1) is 22.0. The van der Waals surface area contributed by atoms with Gasteiger partial charge in [-0.05, 0) is 89.9 Å². The molecule has 0 spiro atoms. The molecule has 0 saturated heterocycles. The Bertz CT molecular complexity index is 1900. The Kier molecular flexibility index (Phi) is 4.80. The summed E-state index contributed by atoms with van der Waals surface area (Å²) in [5, 5.41) is 1.31. The summed E-state index contributed by atoms with van der Waals surface area (Å²) in [6, 6.07) is 44.9. The van der Waals surface area contributed by atoms with Crippen molar-refractivity contribution in [2.24, 2.45) is 0 Å². The van der Waals surface area contributed by atoms with Crippen LogP contribution < -0.4 is 9.64 Å². The standard InChI is InChI=1S/C36H26N2O/c1-24-29-14-7-8-16-31(29)37-32-17-9-10-18-33(32)38-34(23-26-11-5-6-15-30(26)36(38)35(24)37)25-19-21-28(22-20-25)39-27-12-3-2-4-13-27/h2-23,36H,1H3. The van der Waals surface area contributed by atoms with Gasteiger partial charge < -0.3 is 14.2 Å². The highest BCUT2D eigenvalue weighted by molar-refractivity contribution is 5.99. The molecule has 2 aliphatic heterocycles. The van der Waals surface area contributed by atoms with Crippen LogP contribution in [0.5, 0.6) is 11.5 Å². The molecule has 3 heterocycles. The van der Waals surface area contributed by atoms with E-state index in [1.54, 1.807) is 0 Å². The minimum Gasteiger partial charge on any atom is -0.457 e. The van der Waals surface area contributed by atoms with Crippen LogP contribution in [0.2, 0.25) is 0 Å². The van der Waals surface area contributed by atoms with Crippen LogP contribution in [-0.2, 0) is 0 Å². The van der Waals surface area contributed by atoms with Gasteiger partial charge in [0.25, 0.3) is 0 Å². The number of hydrogen-bond acceptors (Lipinski definition) is 2. The molecular formula is C36H26N2O. The van der Waals surface area contributed by atoms with Crippen molar-refractivity contribution in [2.45, 2.75) is 13.0 Å². The van der Waals surface area contributed by atoms with Gasteiger partial charge in [0.2, 0.25) is 0 Å². The van der Waals surface area contributed by atoms with E-state index in [0.717, 1.165) is 17.1 Å². The SMILES string of the molecule is Cc1c2n(c3ccccc13)-c1ccccc1N1C(c3ccc(Oc4ccccc4)cc3)=Cc3ccccc3C21. The molecule has 1 atom stereocenters. The fourth-order valence-corrected chi connectivity index (χ4v) is 6.33. The quantitative estimate of drug-likeness (QED) is 0.240. The van der Waals surface area contributed by atoms with Crippen molar-refractivity contribution in [3.05, 3.63) is 155 Å². The van der Waals surface area contributed by atoms with Crippen molar-refractivity contribution in [1.82, 2.24) is 4.57 Å². The second kappa shape index (κ2) is 8.50. The summed E-state index contributed by atoms with van der Waals surface area (Å²) in [7, 11) is 0. The van der Waals surface area contributed by atoms with Crippen LogP contribution in [0.3, 0.4) is 0 Å². The van der Waals surface area contributed by atoms with Crippen molar-refractivity contribution < 1.29 is 4.74 Å². The minimum atomic E-state index is 0.0590. The molecule has 186 valence electrons. The average molecular weight is 503 g/mol. The van der Waals surface area contributed by atoms with Gasteiger partial charge in [0.1, 0.15) is 17.5 Å². The van der Waals surface area contributed by atoms with Crippen molar-refractivity contribution >= 4 is 28.4 Å². The Morgan fingerprint density at radius 3 is 2.13 bits per heavy atom. The van der Waals surface area contributed by atoms with Crippen molar-refractivity contribution in [1.29, 1.82) is 0 Å². The van der Waals surface area contributed by atoms with Gasteiger partial charge in [0.15, 0.2) is 0 Å². The van der Waals surface area contributed by atoms with Gasteiger partial charge in [-0.15, -0.1) is 0 Å². The van der Waals surface area contributed by atoms with Gasteiger partial charge in [-0.25, -0.2) is 0 Å². The average Bonchev–Trinajstić information content (AvgIpc) is 3.30. The number of para-hydroxylation sites is 4. The second-order valence-corrected chi connectivity index (χ2v) is 10.2. The summed E-state index contributed by atoms with van der Waals surface area (Å²) >= 11 is 0. The number of rotatable bonds is 3. The molecule has 0 amide bonds. The van der Waals surface area contributed by atoms with E-state index in [1.165, 1.54) is 50.4 Å². The van der Waals surface area contributed by atoms with E-state index >= 15 is 0 Å². The largest absolute Gasteiger partial charge is 0.457 e. The predicted octanol–water partition coefficient (Wildman–Crippen LogP) is 9.15. The van der Waals surface area contributed by atoms with E-state index in [4.69, 9.17) is 4.74 Å². The van der Waals surface area contributed by atoms with Gasteiger partial charge in [0.05, 0.1) is 28.3 Å². The van der Waals surface area contributed by atoms with Gasteiger partial charge in [-0.1, -0.05) is 72.8 Å². The van der Waals surface area contributed by atoms with Gasteiger partial charge in [0, 0.05) is 5.39 Å². The van der Waals surface area contributed by atoms with Gasteiger partial charge >= 0.3 is 0 Å². The summed E-state index contributed by atoms with van der Waals surface area (Å²) in [6.07, 6.45) is 2.34. The normalized spacial score (nSPS) is 15.2. The molecule has 8 rings (SSSR count). The fraction of sp³-hybridized carbons (Fsp3) is 0.0556. The lowest BCUT2D eigenvalue weighted by molar-refractivity contribution is 0.482. The lowest BCUT2D eigenvalue weighted by Crippen LogP contribution is -2.36. The van der Waals surface area contributed by atoms with Crippen LogP contribution in [0.1, 0.15) is 34.0 Å². The van der Waals surface area contributed by atoms with Crippen LogP contribution >= 0.6 is 0 Å². The fourth-order valence-electron chi connectivity index (χ4n) is 6.33. The number of benzene rings is 5. The number of aryl methyl sites for hydroxylation is 1. The predicted molar refractivity (Wildman–Crippen MR) is 160 cm³/mol. The second-order valence-electron chi connectivity index (χ2n) is 10.2. The number of anilines is 1. The van der Waals surface area contributed by atoms with Gasteiger partial charge in [-0.2, -0.15) is 0 Å². The molecule has 5 aromatic carbocycles. The molecule has 2 aliphatic rings. The number of hydrogen-bond donors (Lipinski definition) is 0. The molecule has 3 nitrogen and oxygen atoms in total. The van der Waals surface area contributed by atoms with E-state index < -0.39 is 0 Å². The molecule has 1 aromatic heterocycles. The molecule has 0 bridgehead atoms. The molecule has 0 fully saturated rings. The maximum absolute atomic E-state index is 6.10. The summed E-state index contributed by atoms with van der Waals surface area (Å²) < 4.78 is 8.58. The van der Waals surface area contributed by atoms with Crippen molar-refractivity contribution in [3.8, 4) is 17.2 Å². The Morgan fingerprint density at radius 2 is 1.28 bits per heavy atom. The first-order chi connectivity index (χ1) is 19.3. The van der Waals surface area contributed by atoms with E-state index in [2.05, 4.69) is 120 Å². The third-order valence-electron chi connectivity index (χ3n) is 8.04. The Labute approximate surface area is 227 Å². The van der Waals surface area contributed by atoms with Crippen LogP contribution in [0.25, 0.3) is 28.4 Å². The van der Waals surface area contributed by atoms with E-state index in [9.17, 15) is 0 Å². The molecule has 3 heteroatoms. The Balaban J connectivity index is 1.34. The topological polar surface area (TPSA) is 17.4 Å². The number of fused-ring (bicyclic) bond motifs is 10. The summed E-state index contributed by atoms with van der Waals surface area (Å²) in [4.78, 5) is 2.53. The maximum atomic E-state index is 6.10. The van der Waals surface area contributed by atoms with E-state index in [0.29, 0.717) is 0 Å². The van der Waals surface area contributed by atoms with Crippen molar-refractivity contribution in [3.63, 3.8) is 0 Å².